The molecule has 0 aliphatic rings. The maximum Gasteiger partial charge on any atom is 0.326 e. The van der Waals surface area contributed by atoms with Gasteiger partial charge in [-0.1, -0.05) is 11.8 Å². The minimum absolute atomic E-state index is 0.0866. The molecule has 0 fully saturated rings. The second-order valence-corrected chi connectivity index (χ2v) is 3.43. The zero-order valence-corrected chi connectivity index (χ0v) is 9.41. The first-order valence-corrected chi connectivity index (χ1v) is 5.67. The second kappa shape index (κ2) is 5.55. The van der Waals surface area contributed by atoms with Gasteiger partial charge >= 0.3 is 5.97 Å². The number of hydrogen-bond acceptors (Lipinski definition) is 5. The summed E-state index contributed by atoms with van der Waals surface area (Å²) in [6.45, 7) is 1.94. The Kier molecular flexibility index (Phi) is 4.36. The SMILES string of the molecule is CCOC(=O)Cn1c(SC)nccc1=O. The zero-order chi connectivity index (χ0) is 11.3. The Bertz CT molecular complexity index is 403. The van der Waals surface area contributed by atoms with Gasteiger partial charge in [0, 0.05) is 12.3 Å². The highest BCUT2D eigenvalue weighted by Gasteiger charge is 2.09. The quantitative estimate of drug-likeness (QED) is 0.427. The summed E-state index contributed by atoms with van der Waals surface area (Å²) in [6.07, 6.45) is 3.22. The zero-order valence-electron chi connectivity index (χ0n) is 8.60. The van der Waals surface area contributed by atoms with Gasteiger partial charge in [-0.05, 0) is 13.2 Å². The first-order valence-electron chi connectivity index (χ1n) is 4.44. The van der Waals surface area contributed by atoms with Crippen LogP contribution in [-0.2, 0) is 16.1 Å². The van der Waals surface area contributed by atoms with Gasteiger partial charge in [-0.3, -0.25) is 14.2 Å². The summed E-state index contributed by atoms with van der Waals surface area (Å²) >= 11 is 1.31. The highest BCUT2D eigenvalue weighted by Crippen LogP contribution is 2.07. The smallest absolute Gasteiger partial charge is 0.326 e. The Morgan fingerprint density at radius 1 is 1.67 bits per heavy atom. The minimum Gasteiger partial charge on any atom is -0.465 e. The first-order chi connectivity index (χ1) is 7.19. The van der Waals surface area contributed by atoms with Crippen LogP contribution in [0.15, 0.2) is 22.2 Å². The average Bonchev–Trinajstić information content (AvgIpc) is 2.21. The van der Waals surface area contributed by atoms with Gasteiger partial charge in [0.25, 0.3) is 5.56 Å². The lowest BCUT2D eigenvalue weighted by Crippen LogP contribution is -2.26. The van der Waals surface area contributed by atoms with Crippen LogP contribution in [0.2, 0.25) is 0 Å². The normalized spacial score (nSPS) is 10.0. The van der Waals surface area contributed by atoms with E-state index in [-0.39, 0.29) is 12.1 Å². The molecule has 1 rings (SSSR count). The van der Waals surface area contributed by atoms with Crippen molar-refractivity contribution >= 4 is 17.7 Å². The lowest BCUT2D eigenvalue weighted by atomic mass is 10.5. The molecule has 0 bridgehead atoms. The van der Waals surface area contributed by atoms with Gasteiger partial charge in [-0.15, -0.1) is 0 Å². The number of thioether (sulfide) groups is 1. The van der Waals surface area contributed by atoms with Crippen molar-refractivity contribution in [3.8, 4) is 0 Å². The molecular formula is C9H12N2O3S. The molecule has 1 aromatic heterocycles. The number of carbonyl (C=O) groups is 1. The van der Waals surface area contributed by atoms with E-state index in [1.54, 1.807) is 13.2 Å². The van der Waals surface area contributed by atoms with Crippen LogP contribution < -0.4 is 5.56 Å². The maximum absolute atomic E-state index is 11.4. The predicted octanol–water partition coefficient (Wildman–Crippen LogP) is 0.528. The number of esters is 1. The Hall–Kier alpha value is -1.30. The number of ether oxygens (including phenoxy) is 1. The summed E-state index contributed by atoms with van der Waals surface area (Å²) in [5, 5.41) is 0.510. The molecule has 0 N–H and O–H groups in total. The molecule has 0 atom stereocenters. The van der Waals surface area contributed by atoms with Crippen LogP contribution in [0.25, 0.3) is 0 Å². The number of carbonyl (C=O) groups excluding carboxylic acids is 1. The predicted molar refractivity (Wildman–Crippen MR) is 56.9 cm³/mol. The molecular weight excluding hydrogens is 216 g/mol. The molecule has 15 heavy (non-hydrogen) atoms. The third kappa shape index (κ3) is 3.09. The van der Waals surface area contributed by atoms with Gasteiger partial charge in [0.1, 0.15) is 6.54 Å². The number of rotatable bonds is 4. The molecule has 0 saturated carbocycles. The molecule has 1 heterocycles. The molecule has 0 saturated heterocycles. The molecule has 0 aliphatic heterocycles. The molecule has 0 aromatic carbocycles. The molecule has 0 spiro atoms. The molecule has 0 unspecified atom stereocenters. The maximum atomic E-state index is 11.4. The summed E-state index contributed by atoms with van der Waals surface area (Å²) < 4.78 is 6.06. The van der Waals surface area contributed by atoms with Crippen LogP contribution in [0, 0.1) is 0 Å². The fourth-order valence-electron chi connectivity index (χ4n) is 1.06. The lowest BCUT2D eigenvalue weighted by molar-refractivity contribution is -0.144. The van der Waals surface area contributed by atoms with Gasteiger partial charge in [0.15, 0.2) is 5.16 Å². The van der Waals surface area contributed by atoms with Crippen molar-refractivity contribution in [3.05, 3.63) is 22.6 Å². The van der Waals surface area contributed by atoms with E-state index in [0.29, 0.717) is 11.8 Å². The van der Waals surface area contributed by atoms with E-state index in [2.05, 4.69) is 4.98 Å². The molecule has 82 valence electrons. The van der Waals surface area contributed by atoms with Crippen LogP contribution in [0.3, 0.4) is 0 Å². The monoisotopic (exact) mass is 228 g/mol. The summed E-state index contributed by atoms with van der Waals surface area (Å²) in [4.78, 5) is 26.6. The molecule has 6 heteroatoms. The van der Waals surface area contributed by atoms with E-state index >= 15 is 0 Å². The molecule has 0 aliphatic carbocycles. The van der Waals surface area contributed by atoms with Crippen molar-refractivity contribution in [3.63, 3.8) is 0 Å². The number of nitrogens with zero attached hydrogens (tertiary/aromatic N) is 2. The van der Waals surface area contributed by atoms with E-state index in [1.807, 2.05) is 0 Å². The highest BCUT2D eigenvalue weighted by molar-refractivity contribution is 7.98. The minimum atomic E-state index is -0.428. The van der Waals surface area contributed by atoms with Crippen LogP contribution in [-0.4, -0.2) is 28.4 Å². The summed E-state index contributed by atoms with van der Waals surface area (Å²) in [5.41, 5.74) is -0.248. The van der Waals surface area contributed by atoms with Crippen LogP contribution in [0.1, 0.15) is 6.92 Å². The first kappa shape index (κ1) is 11.8. The van der Waals surface area contributed by atoms with Crippen molar-refractivity contribution in [2.24, 2.45) is 0 Å². The fraction of sp³-hybridized carbons (Fsp3) is 0.444. The second-order valence-electron chi connectivity index (χ2n) is 2.66. The highest BCUT2D eigenvalue weighted by atomic mass is 32.2. The molecule has 5 nitrogen and oxygen atoms in total. The lowest BCUT2D eigenvalue weighted by Gasteiger charge is -2.08. The van der Waals surface area contributed by atoms with E-state index in [4.69, 9.17) is 4.74 Å². The van der Waals surface area contributed by atoms with Crippen molar-refractivity contribution in [2.45, 2.75) is 18.6 Å². The topological polar surface area (TPSA) is 61.2 Å². The van der Waals surface area contributed by atoms with Gasteiger partial charge < -0.3 is 4.74 Å². The van der Waals surface area contributed by atoms with Crippen LogP contribution >= 0.6 is 11.8 Å². The Balaban J connectivity index is 2.92. The largest absolute Gasteiger partial charge is 0.465 e. The van der Waals surface area contributed by atoms with Crippen molar-refractivity contribution in [1.82, 2.24) is 9.55 Å². The van der Waals surface area contributed by atoms with Gasteiger partial charge in [-0.2, -0.15) is 0 Å². The van der Waals surface area contributed by atoms with Gasteiger partial charge in [0.05, 0.1) is 6.61 Å². The molecule has 1 aromatic rings. The van der Waals surface area contributed by atoms with Crippen LogP contribution in [0.4, 0.5) is 0 Å². The average molecular weight is 228 g/mol. The van der Waals surface area contributed by atoms with E-state index in [1.165, 1.54) is 28.6 Å². The molecule has 0 amide bonds. The van der Waals surface area contributed by atoms with E-state index in [0.717, 1.165) is 0 Å². The Morgan fingerprint density at radius 2 is 2.40 bits per heavy atom. The number of aromatic nitrogens is 2. The number of hydrogen-bond donors (Lipinski definition) is 0. The van der Waals surface area contributed by atoms with E-state index in [9.17, 15) is 9.59 Å². The Labute approximate surface area is 91.5 Å². The van der Waals surface area contributed by atoms with Crippen LogP contribution in [0.5, 0.6) is 0 Å². The van der Waals surface area contributed by atoms with Gasteiger partial charge in [0.2, 0.25) is 0 Å². The van der Waals surface area contributed by atoms with Crippen molar-refractivity contribution < 1.29 is 9.53 Å². The van der Waals surface area contributed by atoms with Gasteiger partial charge in [-0.25, -0.2) is 4.98 Å². The fourth-order valence-corrected chi connectivity index (χ4v) is 1.60. The molecule has 0 radical (unpaired) electrons. The summed E-state index contributed by atoms with van der Waals surface area (Å²) in [6, 6.07) is 1.32. The third-order valence-electron chi connectivity index (χ3n) is 1.67. The standard InChI is InChI=1S/C9H12N2O3S/c1-3-14-8(13)6-11-7(12)4-5-10-9(11)15-2/h4-5H,3,6H2,1-2H3. The third-order valence-corrected chi connectivity index (χ3v) is 2.37. The summed E-state index contributed by atoms with van der Waals surface area (Å²) in [5.74, 6) is -0.428. The van der Waals surface area contributed by atoms with Crippen molar-refractivity contribution in [1.29, 1.82) is 0 Å². The Morgan fingerprint density at radius 3 is 3.00 bits per heavy atom. The summed E-state index contributed by atoms with van der Waals surface area (Å²) in [7, 11) is 0. The van der Waals surface area contributed by atoms with Crippen molar-refractivity contribution in [2.75, 3.05) is 12.9 Å². The van der Waals surface area contributed by atoms with E-state index < -0.39 is 5.97 Å².